The Balaban J connectivity index is 1.82. The van der Waals surface area contributed by atoms with Crippen molar-refractivity contribution in [3.05, 3.63) is 64.7 Å². The Hall–Kier alpha value is -3.72. The van der Waals surface area contributed by atoms with E-state index in [0.29, 0.717) is 5.69 Å². The standard InChI is InChI=1S/C18H14ClN5O4/c1-9-6-22-15(8-21-9)24-17(27)10-2-12(25)5-13(3-10)28-18-14(19)4-11(7-23-18)16(20)26/h2-8,25H,1H3,(H2,20,26)(H,22,24,27). The molecule has 10 heteroatoms. The lowest BCUT2D eigenvalue weighted by Crippen LogP contribution is -2.13. The van der Waals surface area contributed by atoms with Crippen LogP contribution in [-0.2, 0) is 0 Å². The van der Waals surface area contributed by atoms with Gasteiger partial charge in [-0.1, -0.05) is 11.6 Å². The first-order valence-corrected chi connectivity index (χ1v) is 8.27. The summed E-state index contributed by atoms with van der Waals surface area (Å²) in [6.07, 6.45) is 4.13. The average Bonchev–Trinajstić information content (AvgIpc) is 2.64. The van der Waals surface area contributed by atoms with Crippen LogP contribution in [0.15, 0.2) is 42.9 Å². The van der Waals surface area contributed by atoms with E-state index in [1.165, 1.54) is 42.9 Å². The molecular weight excluding hydrogens is 386 g/mol. The molecule has 0 radical (unpaired) electrons. The van der Waals surface area contributed by atoms with Gasteiger partial charge in [-0.15, -0.1) is 0 Å². The Morgan fingerprint density at radius 1 is 1.07 bits per heavy atom. The fourth-order valence-corrected chi connectivity index (χ4v) is 2.37. The van der Waals surface area contributed by atoms with Crippen LogP contribution in [0.2, 0.25) is 5.02 Å². The van der Waals surface area contributed by atoms with E-state index < -0.39 is 11.8 Å². The number of anilines is 1. The Bertz CT molecular complexity index is 1060. The minimum absolute atomic E-state index is 0.0203. The molecule has 0 saturated heterocycles. The smallest absolute Gasteiger partial charge is 0.257 e. The molecule has 3 aromatic rings. The molecule has 0 unspecified atom stereocenters. The number of rotatable bonds is 5. The number of hydrogen-bond donors (Lipinski definition) is 3. The molecule has 9 nitrogen and oxygen atoms in total. The third kappa shape index (κ3) is 4.51. The van der Waals surface area contributed by atoms with Gasteiger partial charge in [0.15, 0.2) is 5.82 Å². The number of nitrogens with one attached hydrogen (secondary N) is 1. The van der Waals surface area contributed by atoms with Crippen molar-refractivity contribution < 1.29 is 19.4 Å². The highest BCUT2D eigenvalue weighted by atomic mass is 35.5. The highest BCUT2D eigenvalue weighted by molar-refractivity contribution is 6.32. The summed E-state index contributed by atoms with van der Waals surface area (Å²) in [4.78, 5) is 35.6. The maximum absolute atomic E-state index is 12.4. The zero-order valence-electron chi connectivity index (χ0n) is 14.5. The number of aromatic hydroxyl groups is 1. The second-order valence-corrected chi connectivity index (χ2v) is 6.10. The van der Waals surface area contributed by atoms with Gasteiger partial charge in [-0.05, 0) is 25.1 Å². The molecule has 0 aliphatic carbocycles. The first-order chi connectivity index (χ1) is 13.3. The topological polar surface area (TPSA) is 140 Å². The SMILES string of the molecule is Cc1cnc(NC(=O)c2cc(O)cc(Oc3ncc(C(N)=O)cc3Cl)c2)cn1. The fourth-order valence-electron chi connectivity index (χ4n) is 2.17. The number of ether oxygens (including phenoxy) is 1. The predicted molar refractivity (Wildman–Crippen MR) is 101 cm³/mol. The highest BCUT2D eigenvalue weighted by Gasteiger charge is 2.14. The molecule has 4 N–H and O–H groups in total. The number of aromatic nitrogens is 3. The number of amides is 2. The molecule has 0 aliphatic heterocycles. The zero-order chi connectivity index (χ0) is 20.3. The predicted octanol–water partition coefficient (Wildman–Crippen LogP) is 2.68. The number of pyridine rings is 1. The van der Waals surface area contributed by atoms with Gasteiger partial charge in [-0.2, -0.15) is 0 Å². The number of hydrogen-bond acceptors (Lipinski definition) is 7. The molecule has 2 amide bonds. The third-order valence-electron chi connectivity index (χ3n) is 3.48. The van der Waals surface area contributed by atoms with E-state index in [1.807, 2.05) is 0 Å². The first-order valence-electron chi connectivity index (χ1n) is 7.89. The van der Waals surface area contributed by atoms with Crippen LogP contribution in [0.1, 0.15) is 26.4 Å². The number of carbonyl (C=O) groups is 2. The second-order valence-electron chi connectivity index (χ2n) is 5.69. The minimum Gasteiger partial charge on any atom is -0.508 e. The number of benzene rings is 1. The zero-order valence-corrected chi connectivity index (χ0v) is 15.3. The van der Waals surface area contributed by atoms with Crippen molar-refractivity contribution in [3.63, 3.8) is 0 Å². The third-order valence-corrected chi connectivity index (χ3v) is 3.75. The van der Waals surface area contributed by atoms with E-state index in [9.17, 15) is 14.7 Å². The normalized spacial score (nSPS) is 10.4. The lowest BCUT2D eigenvalue weighted by Gasteiger charge is -2.10. The van der Waals surface area contributed by atoms with E-state index >= 15 is 0 Å². The molecule has 0 spiro atoms. The van der Waals surface area contributed by atoms with Gasteiger partial charge in [0.2, 0.25) is 11.8 Å². The van der Waals surface area contributed by atoms with Crippen molar-refractivity contribution >= 4 is 29.2 Å². The maximum atomic E-state index is 12.4. The summed E-state index contributed by atoms with van der Waals surface area (Å²) in [6.45, 7) is 1.77. The molecule has 0 aliphatic rings. The van der Waals surface area contributed by atoms with Crippen molar-refractivity contribution in [2.45, 2.75) is 6.92 Å². The van der Waals surface area contributed by atoms with E-state index in [4.69, 9.17) is 22.1 Å². The van der Waals surface area contributed by atoms with Crippen LogP contribution in [0, 0.1) is 6.92 Å². The van der Waals surface area contributed by atoms with Gasteiger partial charge in [0.25, 0.3) is 5.91 Å². The van der Waals surface area contributed by atoms with Crippen LogP contribution >= 0.6 is 11.6 Å². The van der Waals surface area contributed by atoms with Gasteiger partial charge in [0, 0.05) is 17.8 Å². The molecule has 3 rings (SSSR count). The van der Waals surface area contributed by atoms with Gasteiger partial charge in [-0.3, -0.25) is 14.6 Å². The van der Waals surface area contributed by atoms with Crippen molar-refractivity contribution in [2.24, 2.45) is 5.73 Å². The molecule has 28 heavy (non-hydrogen) atoms. The minimum atomic E-state index is -0.684. The molecule has 0 atom stereocenters. The van der Waals surface area contributed by atoms with Gasteiger partial charge >= 0.3 is 0 Å². The lowest BCUT2D eigenvalue weighted by molar-refractivity contribution is 0.0997. The number of primary amides is 1. The number of phenolic OH excluding ortho intramolecular Hbond substituents is 1. The summed E-state index contributed by atoms with van der Waals surface area (Å²) in [5, 5.41) is 12.5. The number of halogens is 1. The Kier molecular flexibility index (Phi) is 5.37. The fraction of sp³-hybridized carbons (Fsp3) is 0.0556. The summed E-state index contributed by atoms with van der Waals surface area (Å²) < 4.78 is 5.52. The first kappa shape index (κ1) is 19.1. The van der Waals surface area contributed by atoms with Gasteiger partial charge < -0.3 is 20.9 Å². The van der Waals surface area contributed by atoms with Gasteiger partial charge in [0.05, 0.1) is 23.7 Å². The summed E-state index contributed by atoms with van der Waals surface area (Å²) in [5.41, 5.74) is 6.10. The van der Waals surface area contributed by atoms with Crippen molar-refractivity contribution in [1.29, 1.82) is 0 Å². The van der Waals surface area contributed by atoms with Crippen LogP contribution < -0.4 is 15.8 Å². The van der Waals surface area contributed by atoms with Crippen molar-refractivity contribution in [2.75, 3.05) is 5.32 Å². The van der Waals surface area contributed by atoms with Crippen LogP contribution in [0.4, 0.5) is 5.82 Å². The average molecular weight is 400 g/mol. The molecule has 0 saturated carbocycles. The lowest BCUT2D eigenvalue weighted by atomic mass is 10.2. The van der Waals surface area contributed by atoms with Crippen molar-refractivity contribution in [3.8, 4) is 17.4 Å². The molecular formula is C18H14ClN5O4. The molecule has 0 fully saturated rings. The molecule has 1 aromatic carbocycles. The van der Waals surface area contributed by atoms with E-state index in [-0.39, 0.29) is 39.3 Å². The highest BCUT2D eigenvalue weighted by Crippen LogP contribution is 2.30. The van der Waals surface area contributed by atoms with E-state index in [0.717, 1.165) is 0 Å². The number of nitrogens with two attached hydrogens (primary N) is 1. The summed E-state index contributed by atoms with van der Waals surface area (Å²) in [6, 6.07) is 5.23. The summed E-state index contributed by atoms with van der Waals surface area (Å²) in [7, 11) is 0. The molecule has 2 heterocycles. The van der Waals surface area contributed by atoms with E-state index in [1.54, 1.807) is 6.92 Å². The number of phenols is 1. The van der Waals surface area contributed by atoms with Gasteiger partial charge in [-0.25, -0.2) is 9.97 Å². The van der Waals surface area contributed by atoms with E-state index in [2.05, 4.69) is 20.3 Å². The second kappa shape index (κ2) is 7.89. The van der Waals surface area contributed by atoms with Crippen LogP contribution in [0.25, 0.3) is 0 Å². The van der Waals surface area contributed by atoms with Gasteiger partial charge in [0.1, 0.15) is 16.5 Å². The molecule has 0 bridgehead atoms. The maximum Gasteiger partial charge on any atom is 0.257 e. The summed E-state index contributed by atoms with van der Waals surface area (Å²) in [5.74, 6) is -1.07. The van der Waals surface area contributed by atoms with Crippen LogP contribution in [0.3, 0.4) is 0 Å². The largest absolute Gasteiger partial charge is 0.508 e. The molecule has 142 valence electrons. The number of carbonyl (C=O) groups excluding carboxylic acids is 2. The quantitative estimate of drug-likeness (QED) is 0.598. The van der Waals surface area contributed by atoms with Crippen LogP contribution in [-0.4, -0.2) is 31.9 Å². The van der Waals surface area contributed by atoms with Crippen molar-refractivity contribution in [1.82, 2.24) is 15.0 Å². The Morgan fingerprint density at radius 2 is 1.86 bits per heavy atom. The Morgan fingerprint density at radius 3 is 2.50 bits per heavy atom. The Labute approximate surface area is 164 Å². The monoisotopic (exact) mass is 399 g/mol. The van der Waals surface area contributed by atoms with Crippen LogP contribution in [0.5, 0.6) is 17.4 Å². The number of aryl methyl sites for hydroxylation is 1. The summed E-state index contributed by atoms with van der Waals surface area (Å²) >= 11 is 6.03. The molecule has 2 aromatic heterocycles. The number of nitrogens with zero attached hydrogens (tertiary/aromatic N) is 3.